The molecule has 2 N–H and O–H groups in total. The SMILES string of the molecule is CCCCCCCC(O)CNC(=O)CCC[N+](C)(C)C.[I-]. The molecule has 0 heterocycles. The van der Waals surface area contributed by atoms with Gasteiger partial charge in [0, 0.05) is 19.4 Å². The molecule has 0 aromatic carbocycles. The predicted molar refractivity (Wildman–Crippen MR) is 84.5 cm³/mol. The highest BCUT2D eigenvalue weighted by molar-refractivity contribution is 5.75. The van der Waals surface area contributed by atoms with Crippen molar-refractivity contribution in [1.29, 1.82) is 0 Å². The van der Waals surface area contributed by atoms with Crippen molar-refractivity contribution < 1.29 is 38.4 Å². The van der Waals surface area contributed by atoms with Crippen molar-refractivity contribution in [2.45, 2.75) is 64.4 Å². The minimum absolute atomic E-state index is 0. The summed E-state index contributed by atoms with van der Waals surface area (Å²) in [5, 5.41) is 12.6. The van der Waals surface area contributed by atoms with E-state index < -0.39 is 0 Å². The van der Waals surface area contributed by atoms with Crippen LogP contribution in [-0.4, -0.2) is 55.8 Å². The number of aliphatic hydroxyl groups is 1. The second kappa shape index (κ2) is 13.8. The molecule has 1 unspecified atom stereocenters. The smallest absolute Gasteiger partial charge is 0.220 e. The van der Waals surface area contributed by atoms with Crippen LogP contribution in [0.1, 0.15) is 58.3 Å². The molecule has 5 heteroatoms. The van der Waals surface area contributed by atoms with Crippen molar-refractivity contribution in [3.05, 3.63) is 0 Å². The number of carbonyl (C=O) groups is 1. The molecule has 0 aliphatic heterocycles. The summed E-state index contributed by atoms with van der Waals surface area (Å²) in [5.41, 5.74) is 0. The number of hydrogen-bond donors (Lipinski definition) is 2. The second-order valence-corrected chi connectivity index (χ2v) is 6.78. The van der Waals surface area contributed by atoms with Crippen LogP contribution in [0, 0.1) is 0 Å². The normalized spacial score (nSPS) is 12.6. The summed E-state index contributed by atoms with van der Waals surface area (Å²) >= 11 is 0. The first-order valence-electron chi connectivity index (χ1n) is 8.10. The van der Waals surface area contributed by atoms with Gasteiger partial charge in [-0.3, -0.25) is 4.79 Å². The van der Waals surface area contributed by atoms with Crippen molar-refractivity contribution in [3.8, 4) is 0 Å². The van der Waals surface area contributed by atoms with E-state index in [1.54, 1.807) is 0 Å². The summed E-state index contributed by atoms with van der Waals surface area (Å²) in [7, 11) is 6.38. The largest absolute Gasteiger partial charge is 1.00 e. The van der Waals surface area contributed by atoms with Crippen LogP contribution in [-0.2, 0) is 4.79 Å². The fourth-order valence-electron chi connectivity index (χ4n) is 2.12. The van der Waals surface area contributed by atoms with Crippen LogP contribution in [0.25, 0.3) is 0 Å². The molecule has 0 bridgehead atoms. The first kappa shape index (κ1) is 23.4. The van der Waals surface area contributed by atoms with Crippen molar-refractivity contribution in [1.82, 2.24) is 5.32 Å². The lowest BCUT2D eigenvalue weighted by Crippen LogP contribution is -3.00. The zero-order valence-corrected chi connectivity index (χ0v) is 16.5. The monoisotopic (exact) mass is 414 g/mol. The van der Waals surface area contributed by atoms with Crippen molar-refractivity contribution in [2.24, 2.45) is 0 Å². The maximum Gasteiger partial charge on any atom is 0.220 e. The molecule has 0 aliphatic carbocycles. The molecule has 0 aromatic heterocycles. The minimum Gasteiger partial charge on any atom is -1.00 e. The summed E-state index contributed by atoms with van der Waals surface area (Å²) in [6.45, 7) is 3.59. The highest BCUT2D eigenvalue weighted by Gasteiger charge is 2.10. The molecule has 0 aromatic rings. The molecule has 0 fully saturated rings. The number of rotatable bonds is 12. The van der Waals surface area contributed by atoms with Gasteiger partial charge in [-0.1, -0.05) is 39.0 Å². The van der Waals surface area contributed by atoms with E-state index in [1.807, 2.05) is 0 Å². The van der Waals surface area contributed by atoms with E-state index in [2.05, 4.69) is 33.4 Å². The van der Waals surface area contributed by atoms with E-state index in [0.717, 1.165) is 30.3 Å². The Morgan fingerprint density at radius 1 is 1.10 bits per heavy atom. The molecule has 128 valence electrons. The summed E-state index contributed by atoms with van der Waals surface area (Å²) in [6.07, 6.45) is 7.86. The van der Waals surface area contributed by atoms with Crippen LogP contribution in [0.15, 0.2) is 0 Å². The highest BCUT2D eigenvalue weighted by atomic mass is 127. The lowest BCUT2D eigenvalue weighted by molar-refractivity contribution is -0.870. The van der Waals surface area contributed by atoms with Crippen LogP contribution in [0.3, 0.4) is 0 Å². The fraction of sp³-hybridized carbons (Fsp3) is 0.938. The molecule has 0 spiro atoms. The molecule has 4 nitrogen and oxygen atoms in total. The Bertz CT molecular complexity index is 255. The first-order chi connectivity index (χ1) is 9.35. The molecule has 0 rings (SSSR count). The fourth-order valence-corrected chi connectivity index (χ4v) is 2.12. The molecule has 21 heavy (non-hydrogen) atoms. The summed E-state index contributed by atoms with van der Waals surface area (Å²) in [6, 6.07) is 0. The number of nitrogens with one attached hydrogen (secondary N) is 1. The number of hydrogen-bond acceptors (Lipinski definition) is 2. The molecule has 1 atom stereocenters. The Labute approximate surface area is 148 Å². The average molecular weight is 414 g/mol. The Balaban J connectivity index is 0. The van der Waals surface area contributed by atoms with Gasteiger partial charge in [0.05, 0.1) is 33.8 Å². The van der Waals surface area contributed by atoms with E-state index in [9.17, 15) is 9.90 Å². The van der Waals surface area contributed by atoms with Crippen molar-refractivity contribution in [3.63, 3.8) is 0 Å². The van der Waals surface area contributed by atoms with Gasteiger partial charge in [0.1, 0.15) is 0 Å². The van der Waals surface area contributed by atoms with Crippen LogP contribution < -0.4 is 29.3 Å². The third-order valence-electron chi connectivity index (χ3n) is 3.41. The zero-order chi connectivity index (χ0) is 15.4. The Hall–Kier alpha value is 0.120. The average Bonchev–Trinajstić information content (AvgIpc) is 2.34. The van der Waals surface area contributed by atoms with E-state index in [0.29, 0.717) is 13.0 Å². The van der Waals surface area contributed by atoms with E-state index in [4.69, 9.17) is 0 Å². The van der Waals surface area contributed by atoms with Crippen LogP contribution in [0.5, 0.6) is 0 Å². The summed E-state index contributed by atoms with van der Waals surface area (Å²) in [5.74, 6) is 0.0588. The number of halogens is 1. The van der Waals surface area contributed by atoms with E-state index >= 15 is 0 Å². The Morgan fingerprint density at radius 3 is 2.29 bits per heavy atom. The maximum absolute atomic E-state index is 11.6. The number of unbranched alkanes of at least 4 members (excludes halogenated alkanes) is 4. The zero-order valence-electron chi connectivity index (χ0n) is 14.3. The van der Waals surface area contributed by atoms with E-state index in [1.165, 1.54) is 25.7 Å². The lowest BCUT2D eigenvalue weighted by atomic mass is 10.1. The van der Waals surface area contributed by atoms with Gasteiger partial charge >= 0.3 is 0 Å². The lowest BCUT2D eigenvalue weighted by Gasteiger charge is -2.23. The molecule has 0 saturated carbocycles. The topological polar surface area (TPSA) is 49.3 Å². The predicted octanol–water partition coefficient (Wildman–Crippen LogP) is -0.686. The van der Waals surface area contributed by atoms with Gasteiger partial charge in [-0.25, -0.2) is 0 Å². The molecule has 1 amide bonds. The molecular weight excluding hydrogens is 379 g/mol. The minimum atomic E-state index is -0.390. The number of quaternary nitrogens is 1. The summed E-state index contributed by atoms with van der Waals surface area (Å²) < 4.78 is 0.883. The van der Waals surface area contributed by atoms with Gasteiger partial charge in [0.25, 0.3) is 0 Å². The van der Waals surface area contributed by atoms with Gasteiger partial charge in [-0.2, -0.15) is 0 Å². The first-order valence-corrected chi connectivity index (χ1v) is 8.10. The molecule has 0 aliphatic rings. The number of aliphatic hydroxyl groups excluding tert-OH is 1. The molecule has 0 radical (unpaired) electrons. The van der Waals surface area contributed by atoms with Crippen LogP contribution in [0.4, 0.5) is 0 Å². The number of amides is 1. The van der Waals surface area contributed by atoms with Gasteiger partial charge < -0.3 is 38.9 Å². The molecular formula is C16H35IN2O2. The van der Waals surface area contributed by atoms with E-state index in [-0.39, 0.29) is 36.0 Å². The van der Waals surface area contributed by atoms with Crippen LogP contribution >= 0.6 is 0 Å². The summed E-state index contributed by atoms with van der Waals surface area (Å²) in [4.78, 5) is 11.6. The quantitative estimate of drug-likeness (QED) is 0.253. The third kappa shape index (κ3) is 18.1. The van der Waals surface area contributed by atoms with Crippen molar-refractivity contribution >= 4 is 5.91 Å². The maximum atomic E-state index is 11.6. The van der Waals surface area contributed by atoms with Crippen LogP contribution in [0.2, 0.25) is 0 Å². The number of carbonyl (C=O) groups excluding carboxylic acids is 1. The number of nitrogens with zero attached hydrogens (tertiary/aromatic N) is 1. The Kier molecular flexibility index (Phi) is 15.3. The third-order valence-corrected chi connectivity index (χ3v) is 3.41. The highest BCUT2D eigenvalue weighted by Crippen LogP contribution is 2.07. The second-order valence-electron chi connectivity index (χ2n) is 6.78. The van der Waals surface area contributed by atoms with Gasteiger partial charge in [0.15, 0.2) is 0 Å². The van der Waals surface area contributed by atoms with Crippen molar-refractivity contribution in [2.75, 3.05) is 34.2 Å². The standard InChI is InChI=1S/C16H34N2O2.HI/c1-5-6-7-8-9-11-15(19)14-17-16(20)12-10-13-18(2,3)4;/h15,19H,5-14H2,1-4H3;1H. The van der Waals surface area contributed by atoms with Gasteiger partial charge in [-0.05, 0) is 6.42 Å². The Morgan fingerprint density at radius 2 is 1.71 bits per heavy atom. The van der Waals surface area contributed by atoms with Gasteiger partial charge in [0.2, 0.25) is 5.91 Å². The molecule has 0 saturated heterocycles. The van der Waals surface area contributed by atoms with Gasteiger partial charge in [-0.15, -0.1) is 0 Å².